The van der Waals surface area contributed by atoms with Gasteiger partial charge in [-0.15, -0.1) is 0 Å². The molecule has 19 heavy (non-hydrogen) atoms. The Bertz CT molecular complexity index is 520. The first kappa shape index (κ1) is 15.2. The number of rotatable bonds is 5. The van der Waals surface area contributed by atoms with Crippen LogP contribution >= 0.6 is 23.2 Å². The summed E-state index contributed by atoms with van der Waals surface area (Å²) in [7, 11) is 0. The van der Waals surface area contributed by atoms with Crippen LogP contribution in [0.15, 0.2) is 12.3 Å². The molecule has 1 aromatic rings. The molecule has 0 spiro atoms. The largest absolute Gasteiger partial charge is 0.368 e. The van der Waals surface area contributed by atoms with Crippen molar-refractivity contribution in [2.24, 2.45) is 11.5 Å². The molecule has 0 fully saturated rings. The van der Waals surface area contributed by atoms with Crippen molar-refractivity contribution in [2.45, 2.75) is 0 Å². The van der Waals surface area contributed by atoms with Crippen LogP contribution in [0.4, 0.5) is 0 Å². The first-order valence-electron chi connectivity index (χ1n) is 4.98. The Labute approximate surface area is 118 Å². The van der Waals surface area contributed by atoms with E-state index in [9.17, 15) is 14.4 Å². The number of carbonyl (C=O) groups excluding carboxylic acids is 3. The summed E-state index contributed by atoms with van der Waals surface area (Å²) < 4.78 is 0. The third kappa shape index (κ3) is 4.38. The fourth-order valence-corrected chi connectivity index (χ4v) is 1.67. The van der Waals surface area contributed by atoms with Crippen molar-refractivity contribution in [2.75, 3.05) is 13.1 Å². The summed E-state index contributed by atoms with van der Waals surface area (Å²) >= 11 is 11.5. The fourth-order valence-electron chi connectivity index (χ4n) is 1.32. The van der Waals surface area contributed by atoms with E-state index in [1.54, 1.807) is 0 Å². The van der Waals surface area contributed by atoms with Gasteiger partial charge in [-0.3, -0.25) is 14.4 Å². The minimum atomic E-state index is -0.786. The molecule has 1 aromatic heterocycles. The van der Waals surface area contributed by atoms with Crippen LogP contribution in [0.3, 0.4) is 0 Å². The molecule has 0 atom stereocenters. The number of hydrogen-bond acceptors (Lipinski definition) is 4. The van der Waals surface area contributed by atoms with Gasteiger partial charge in [0.25, 0.3) is 5.91 Å². The Kier molecular flexibility index (Phi) is 5.08. The molecule has 1 heterocycles. The highest BCUT2D eigenvalue weighted by atomic mass is 35.5. The average molecular weight is 305 g/mol. The maximum Gasteiger partial charge on any atom is 0.256 e. The first-order valence-corrected chi connectivity index (χ1v) is 5.73. The molecule has 4 N–H and O–H groups in total. The Morgan fingerprint density at radius 3 is 2.16 bits per heavy atom. The van der Waals surface area contributed by atoms with Gasteiger partial charge in [0.2, 0.25) is 11.8 Å². The zero-order valence-electron chi connectivity index (χ0n) is 9.60. The number of pyridine rings is 1. The number of carbonyl (C=O) groups is 3. The van der Waals surface area contributed by atoms with Gasteiger partial charge < -0.3 is 16.4 Å². The van der Waals surface area contributed by atoms with Crippen LogP contribution in [-0.2, 0) is 9.59 Å². The number of nitrogens with zero attached hydrogens (tertiary/aromatic N) is 2. The van der Waals surface area contributed by atoms with E-state index in [1.165, 1.54) is 12.3 Å². The zero-order valence-corrected chi connectivity index (χ0v) is 11.1. The predicted octanol–water partition coefficient (Wildman–Crippen LogP) is -0.199. The molecule has 1 rings (SSSR count). The van der Waals surface area contributed by atoms with E-state index in [-0.39, 0.29) is 15.7 Å². The summed E-state index contributed by atoms with van der Waals surface area (Å²) in [6, 6.07) is 1.22. The Hall–Kier alpha value is -1.86. The van der Waals surface area contributed by atoms with Crippen LogP contribution in [0, 0.1) is 0 Å². The Balaban J connectivity index is 3.07. The summed E-state index contributed by atoms with van der Waals surface area (Å²) in [5.74, 6) is -2.26. The second-order valence-corrected chi connectivity index (χ2v) is 4.38. The average Bonchev–Trinajstić information content (AvgIpc) is 2.29. The molecule has 0 aromatic carbocycles. The second kappa shape index (κ2) is 6.35. The van der Waals surface area contributed by atoms with Gasteiger partial charge in [0.1, 0.15) is 18.2 Å². The van der Waals surface area contributed by atoms with Gasteiger partial charge in [-0.2, -0.15) is 0 Å². The van der Waals surface area contributed by atoms with Crippen molar-refractivity contribution >= 4 is 40.9 Å². The summed E-state index contributed by atoms with van der Waals surface area (Å²) in [5, 5.41) is 0.0826. The molecule has 7 nitrogen and oxygen atoms in total. The molecule has 3 amide bonds. The predicted molar refractivity (Wildman–Crippen MR) is 68.5 cm³/mol. The number of primary amides is 2. The lowest BCUT2D eigenvalue weighted by Crippen LogP contribution is -2.43. The lowest BCUT2D eigenvalue weighted by Gasteiger charge is -2.19. The van der Waals surface area contributed by atoms with E-state index in [0.717, 1.165) is 4.90 Å². The third-order valence-electron chi connectivity index (χ3n) is 2.03. The van der Waals surface area contributed by atoms with Gasteiger partial charge in [-0.1, -0.05) is 23.2 Å². The maximum absolute atomic E-state index is 12.1. The molecular weight excluding hydrogens is 295 g/mol. The fraction of sp³-hybridized carbons (Fsp3) is 0.200. The van der Waals surface area contributed by atoms with Crippen LogP contribution in [0.2, 0.25) is 10.2 Å². The van der Waals surface area contributed by atoms with E-state index < -0.39 is 30.8 Å². The molecule has 0 bridgehead atoms. The highest BCUT2D eigenvalue weighted by Crippen LogP contribution is 2.19. The van der Waals surface area contributed by atoms with Crippen molar-refractivity contribution in [1.82, 2.24) is 9.88 Å². The highest BCUT2D eigenvalue weighted by molar-refractivity contribution is 6.35. The van der Waals surface area contributed by atoms with Gasteiger partial charge >= 0.3 is 0 Å². The SMILES string of the molecule is NC(=O)CN(CC(N)=O)C(=O)c1cc(Cl)ncc1Cl. The summed E-state index contributed by atoms with van der Waals surface area (Å²) in [6.07, 6.45) is 1.18. The molecule has 0 aliphatic heterocycles. The molecule has 0 aliphatic carbocycles. The quantitative estimate of drug-likeness (QED) is 0.732. The maximum atomic E-state index is 12.1. The van der Waals surface area contributed by atoms with Crippen molar-refractivity contribution < 1.29 is 14.4 Å². The number of hydrogen-bond donors (Lipinski definition) is 2. The van der Waals surface area contributed by atoms with Gasteiger partial charge in [0, 0.05) is 6.20 Å². The molecule has 0 radical (unpaired) electrons. The van der Waals surface area contributed by atoms with Gasteiger partial charge in [-0.25, -0.2) is 4.98 Å². The summed E-state index contributed by atoms with van der Waals surface area (Å²) in [6.45, 7) is -0.921. The smallest absolute Gasteiger partial charge is 0.256 e. The van der Waals surface area contributed by atoms with E-state index in [1.807, 2.05) is 0 Å². The molecular formula is C10H10Cl2N4O3. The molecule has 0 saturated carbocycles. The van der Waals surface area contributed by atoms with E-state index in [4.69, 9.17) is 34.7 Å². The normalized spacial score (nSPS) is 10.0. The van der Waals surface area contributed by atoms with E-state index in [2.05, 4.69) is 4.98 Å². The molecule has 0 unspecified atom stereocenters. The van der Waals surface area contributed by atoms with Gasteiger partial charge in [0.15, 0.2) is 0 Å². The first-order chi connectivity index (χ1) is 8.81. The second-order valence-electron chi connectivity index (χ2n) is 3.58. The number of amides is 3. The van der Waals surface area contributed by atoms with Crippen LogP contribution in [0.1, 0.15) is 10.4 Å². The summed E-state index contributed by atoms with van der Waals surface area (Å²) in [5.41, 5.74) is 10.00. The lowest BCUT2D eigenvalue weighted by atomic mass is 10.2. The van der Waals surface area contributed by atoms with Gasteiger partial charge in [-0.05, 0) is 6.07 Å². The van der Waals surface area contributed by atoms with E-state index in [0.29, 0.717) is 0 Å². The topological polar surface area (TPSA) is 119 Å². The minimum Gasteiger partial charge on any atom is -0.368 e. The summed E-state index contributed by atoms with van der Waals surface area (Å²) in [4.78, 5) is 38.5. The van der Waals surface area contributed by atoms with Gasteiger partial charge in [0.05, 0.1) is 10.6 Å². The van der Waals surface area contributed by atoms with Crippen molar-refractivity contribution in [3.63, 3.8) is 0 Å². The number of nitrogens with two attached hydrogens (primary N) is 2. The van der Waals surface area contributed by atoms with Crippen molar-refractivity contribution in [3.8, 4) is 0 Å². The number of aromatic nitrogens is 1. The number of halogens is 2. The molecule has 0 aliphatic rings. The Morgan fingerprint density at radius 1 is 1.16 bits per heavy atom. The van der Waals surface area contributed by atoms with Crippen LogP contribution < -0.4 is 11.5 Å². The monoisotopic (exact) mass is 304 g/mol. The standard InChI is InChI=1S/C10H10Cl2N4O3/c11-6-2-15-7(12)1-5(6)10(19)16(3-8(13)17)4-9(14)18/h1-2H,3-4H2,(H2,13,17)(H2,14,18). The van der Waals surface area contributed by atoms with Crippen LogP contribution in [0.5, 0.6) is 0 Å². The zero-order chi connectivity index (χ0) is 14.6. The third-order valence-corrected chi connectivity index (χ3v) is 2.54. The lowest BCUT2D eigenvalue weighted by molar-refractivity contribution is -0.121. The molecule has 102 valence electrons. The van der Waals surface area contributed by atoms with Crippen molar-refractivity contribution in [1.29, 1.82) is 0 Å². The van der Waals surface area contributed by atoms with Crippen molar-refractivity contribution in [3.05, 3.63) is 28.0 Å². The Morgan fingerprint density at radius 2 is 1.68 bits per heavy atom. The highest BCUT2D eigenvalue weighted by Gasteiger charge is 2.22. The minimum absolute atomic E-state index is 0.00386. The molecule has 9 heteroatoms. The molecule has 0 saturated heterocycles. The van der Waals surface area contributed by atoms with Crippen LogP contribution in [-0.4, -0.2) is 40.7 Å². The van der Waals surface area contributed by atoms with Crippen LogP contribution in [0.25, 0.3) is 0 Å². The van der Waals surface area contributed by atoms with E-state index >= 15 is 0 Å².